The van der Waals surface area contributed by atoms with Crippen LogP contribution in [0.15, 0.2) is 0 Å². The van der Waals surface area contributed by atoms with Crippen LogP contribution in [0.3, 0.4) is 0 Å². The molecule has 0 amide bonds. The van der Waals surface area contributed by atoms with E-state index < -0.39 is 0 Å². The summed E-state index contributed by atoms with van der Waals surface area (Å²) in [6.45, 7) is 0. The summed E-state index contributed by atoms with van der Waals surface area (Å²) in [6, 6.07) is 0. The largest absolute Gasteiger partial charge is 3.00 e. The monoisotopic (exact) mass is 864 g/mol. The van der Waals surface area contributed by atoms with Crippen molar-refractivity contribution in [2.24, 2.45) is 0 Å². The average Bonchev–Trinajstić information content (AvgIpc) is 0. The summed E-state index contributed by atoms with van der Waals surface area (Å²) in [7, 11) is 0. The first kappa shape index (κ1) is 62.7. The average molecular weight is 864 g/mol. The fourth-order valence-corrected chi connectivity index (χ4v) is 0. The second-order valence-electron chi connectivity index (χ2n) is 0. The van der Waals surface area contributed by atoms with E-state index in [1.54, 1.807) is 0 Å². The first-order chi connectivity index (χ1) is 0. The van der Waals surface area contributed by atoms with E-state index in [2.05, 4.69) is 0 Å². The van der Waals surface area contributed by atoms with Gasteiger partial charge in [-0.25, -0.2) is 0 Å². The quantitative estimate of drug-likeness (QED) is 0.172. The van der Waals surface area contributed by atoms with Gasteiger partial charge in [-0.3, -0.25) is 0 Å². The van der Waals surface area contributed by atoms with Gasteiger partial charge in [-0.1, -0.05) is 0 Å². The molecule has 0 saturated heterocycles. The van der Waals surface area contributed by atoms with E-state index >= 15 is 0 Å². The Morgan fingerprint density at radius 1 is 0.571 bits per heavy atom. The molecule has 2 N–H and O–H groups in total. The van der Waals surface area contributed by atoms with Crippen LogP contribution in [0.1, 0.15) is 0 Å². The predicted molar refractivity (Wildman–Crippen MR) is 40.2 cm³/mol. The second-order valence-corrected chi connectivity index (χ2v) is 0. The molecule has 0 bridgehead atoms. The van der Waals surface area contributed by atoms with Gasteiger partial charge in [-0.05, 0) is 0 Å². The summed E-state index contributed by atoms with van der Waals surface area (Å²) in [6.07, 6.45) is 0. The number of rotatable bonds is 0. The predicted octanol–water partition coefficient (Wildman–Crippen LogP) is -8.96. The van der Waals surface area contributed by atoms with Crippen LogP contribution >= 0.6 is 48.0 Å². The SMILES string of the molecule is I.I.O.[Bi+3].[I-].[I-].[I-]. The molecule has 0 saturated carbocycles. The first-order valence-electron chi connectivity index (χ1n) is 0. The van der Waals surface area contributed by atoms with E-state index in [9.17, 15) is 0 Å². The van der Waals surface area contributed by atoms with Crippen LogP contribution in [-0.2, 0) is 0 Å². The number of halogens is 5. The molecule has 0 aliphatic rings. The van der Waals surface area contributed by atoms with Crippen LogP contribution in [-0.4, -0.2) is 31.7 Å². The van der Waals surface area contributed by atoms with Gasteiger partial charge in [0, 0.05) is 0 Å². The Balaban J connectivity index is 0. The fraction of sp³-hybridized carbons (Fsp3) is 0. The van der Waals surface area contributed by atoms with E-state index in [-0.39, 0.29) is 152 Å². The number of hydrogen-bond acceptors (Lipinski definition) is 0. The van der Waals surface area contributed by atoms with Crippen LogP contribution in [0.5, 0.6) is 0 Å². The molecule has 0 unspecified atom stereocenters. The van der Waals surface area contributed by atoms with Crippen LogP contribution in [0.2, 0.25) is 0 Å². The first-order valence-corrected chi connectivity index (χ1v) is 0. The van der Waals surface area contributed by atoms with Gasteiger partial charge in [-0.2, -0.15) is 0 Å². The van der Waals surface area contributed by atoms with Gasteiger partial charge in [0.05, 0.1) is 0 Å². The van der Waals surface area contributed by atoms with Crippen molar-refractivity contribution in [1.29, 1.82) is 0 Å². The van der Waals surface area contributed by atoms with Gasteiger partial charge < -0.3 is 77.4 Å². The van der Waals surface area contributed by atoms with Crippen LogP contribution in [0.4, 0.5) is 0 Å². The molecule has 0 aliphatic heterocycles. The van der Waals surface area contributed by atoms with Gasteiger partial charge >= 0.3 is 26.2 Å². The minimum absolute atomic E-state index is 0. The Kier molecular flexibility index (Phi) is 419. The Bertz CT molecular complexity index is 8.04. The van der Waals surface area contributed by atoms with E-state index in [0.29, 0.717) is 0 Å². The van der Waals surface area contributed by atoms with Gasteiger partial charge in [0.15, 0.2) is 0 Å². The summed E-state index contributed by atoms with van der Waals surface area (Å²) < 4.78 is 0. The number of hydrogen-bond donors (Lipinski definition) is 0. The zero-order chi connectivity index (χ0) is 0. The van der Waals surface area contributed by atoms with Crippen molar-refractivity contribution < 1.29 is 77.4 Å². The van der Waals surface area contributed by atoms with Gasteiger partial charge in [0.25, 0.3) is 0 Å². The molecule has 1 nitrogen and oxygen atoms in total. The van der Waals surface area contributed by atoms with Crippen molar-refractivity contribution >= 4 is 74.2 Å². The summed E-state index contributed by atoms with van der Waals surface area (Å²) in [5.41, 5.74) is 0. The standard InChI is InChI=1S/Bi.5HI.H2O/h;5*1H;1H2/q+3;;;;;;/p-3. The minimum Gasteiger partial charge on any atom is -1.00 e. The molecule has 0 heterocycles. The molecule has 50 valence electrons. The van der Waals surface area contributed by atoms with E-state index in [1.165, 1.54) is 0 Å². The van der Waals surface area contributed by atoms with Crippen LogP contribution < -0.4 is 71.9 Å². The molecule has 0 rings (SSSR count). The van der Waals surface area contributed by atoms with Gasteiger partial charge in [0.1, 0.15) is 0 Å². The second kappa shape index (κ2) is 46.8. The Morgan fingerprint density at radius 2 is 0.571 bits per heavy atom. The molecule has 0 fully saturated rings. The zero-order valence-corrected chi connectivity index (χ0v) is 17.5. The van der Waals surface area contributed by atoms with E-state index in [4.69, 9.17) is 0 Å². The van der Waals surface area contributed by atoms with Gasteiger partial charge in [-0.15, -0.1) is 48.0 Å². The summed E-state index contributed by atoms with van der Waals surface area (Å²) >= 11 is 0. The fourth-order valence-electron chi connectivity index (χ4n) is 0. The van der Waals surface area contributed by atoms with Crippen molar-refractivity contribution in [3.8, 4) is 0 Å². The van der Waals surface area contributed by atoms with Crippen molar-refractivity contribution in [2.45, 2.75) is 0 Å². The summed E-state index contributed by atoms with van der Waals surface area (Å²) in [5, 5.41) is 0. The molecule has 0 aromatic heterocycles. The molecule has 0 aromatic carbocycles. The van der Waals surface area contributed by atoms with Crippen LogP contribution in [0.25, 0.3) is 0 Å². The molecule has 2 radical (unpaired) electrons. The van der Waals surface area contributed by atoms with Crippen molar-refractivity contribution in [3.63, 3.8) is 0 Å². The van der Waals surface area contributed by atoms with E-state index in [0.717, 1.165) is 0 Å². The third-order valence-electron chi connectivity index (χ3n) is 0. The smallest absolute Gasteiger partial charge is 1.00 e. The molecular weight excluding hydrogens is 859 g/mol. The molecule has 7 heteroatoms. The Labute approximate surface area is 148 Å². The third-order valence-corrected chi connectivity index (χ3v) is 0. The molecular formula is H4BiI5O. The molecule has 7 heavy (non-hydrogen) atoms. The molecule has 0 atom stereocenters. The van der Waals surface area contributed by atoms with Crippen molar-refractivity contribution in [3.05, 3.63) is 0 Å². The molecule has 0 aliphatic carbocycles. The maximum atomic E-state index is 0. The topological polar surface area (TPSA) is 31.5 Å². The maximum Gasteiger partial charge on any atom is 3.00 e. The van der Waals surface area contributed by atoms with E-state index in [1.807, 2.05) is 0 Å². The van der Waals surface area contributed by atoms with Crippen molar-refractivity contribution in [2.75, 3.05) is 0 Å². The van der Waals surface area contributed by atoms with Crippen LogP contribution in [0, 0.1) is 0 Å². The normalized spacial score (nSPS) is 0. The minimum atomic E-state index is 0. The Hall–Kier alpha value is 4.49. The molecule has 0 spiro atoms. The maximum absolute atomic E-state index is 0. The van der Waals surface area contributed by atoms with Gasteiger partial charge in [0.2, 0.25) is 0 Å². The Morgan fingerprint density at radius 3 is 0.571 bits per heavy atom. The molecule has 0 aromatic rings. The zero-order valence-electron chi connectivity index (χ0n) is 2.90. The third kappa shape index (κ3) is 37.5. The summed E-state index contributed by atoms with van der Waals surface area (Å²) in [5.74, 6) is 0. The van der Waals surface area contributed by atoms with Crippen molar-refractivity contribution in [1.82, 2.24) is 0 Å². The summed E-state index contributed by atoms with van der Waals surface area (Å²) in [4.78, 5) is 0.